The molecule has 2 unspecified atom stereocenters. The third kappa shape index (κ3) is 29.2. The maximum absolute atomic E-state index is 12.2. The second-order valence-corrected chi connectivity index (χ2v) is 30.6. The Bertz CT molecular complexity index is 5780. The molecule has 0 amide bonds. The van der Waals surface area contributed by atoms with Gasteiger partial charge in [0.2, 0.25) is 0 Å². The molecule has 676 valence electrons. The van der Waals surface area contributed by atoms with Gasteiger partial charge in [-0.1, -0.05) is 134 Å². The molecule has 0 aliphatic heterocycles. The summed E-state index contributed by atoms with van der Waals surface area (Å²) in [6.45, 7) is 16.5. The first-order chi connectivity index (χ1) is 60.2. The molecule has 129 heavy (non-hydrogen) atoms. The van der Waals surface area contributed by atoms with Crippen LogP contribution in [0, 0.1) is 40.0 Å². The van der Waals surface area contributed by atoms with Crippen LogP contribution in [0.3, 0.4) is 0 Å². The fourth-order valence-corrected chi connectivity index (χ4v) is 12.4. The first kappa shape index (κ1) is 104. The van der Waals surface area contributed by atoms with Gasteiger partial charge in [0, 0.05) is 152 Å². The van der Waals surface area contributed by atoms with Crippen molar-refractivity contribution in [1.82, 2.24) is 146 Å². The van der Waals surface area contributed by atoms with Crippen LogP contribution in [0.4, 0.5) is 26.3 Å². The Balaban J connectivity index is 0.000000199. The van der Waals surface area contributed by atoms with E-state index in [4.69, 9.17) is 23.9 Å². The molecule has 2 atom stereocenters. The molecule has 1 N–H and O–H groups in total. The number of carbonyl (C=O) groups is 1. The van der Waals surface area contributed by atoms with Crippen molar-refractivity contribution in [2.75, 3.05) is 0 Å². The molecule has 0 spiro atoms. The number of hydrogen-bond acceptors (Lipinski definition) is 22. The van der Waals surface area contributed by atoms with E-state index in [0.717, 1.165) is 86.2 Å². The number of halogens is 8. The van der Waals surface area contributed by atoms with Crippen molar-refractivity contribution in [3.8, 4) is 91.4 Å². The minimum atomic E-state index is -4.46. The second-order valence-electron chi connectivity index (χ2n) is 27.4. The number of fused-ring (bicyclic) bond motifs is 6. The summed E-state index contributed by atoms with van der Waals surface area (Å²) in [5.74, 6) is 2.09. The largest absolute Gasteiger partial charge is 2.00 e. The summed E-state index contributed by atoms with van der Waals surface area (Å²) >= 11 is -0.472. The number of nitrogens with zero attached hydrogens (tertiary/aromatic N) is 29. The summed E-state index contributed by atoms with van der Waals surface area (Å²) in [6.07, 6.45) is 14.9. The Morgan fingerprint density at radius 1 is 0.419 bits per heavy atom. The zero-order chi connectivity index (χ0) is 88.9. The molecule has 2 aliphatic carbocycles. The molecule has 17 aromatic heterocycles. The van der Waals surface area contributed by atoms with Crippen LogP contribution >= 0.6 is 18.8 Å². The first-order valence-corrected chi connectivity index (χ1v) is 43.0. The first-order valence-electron chi connectivity index (χ1n) is 37.4. The van der Waals surface area contributed by atoms with Crippen molar-refractivity contribution >= 4 is 35.6 Å². The summed E-state index contributed by atoms with van der Waals surface area (Å²) in [5, 5.41) is 71.7. The van der Waals surface area contributed by atoms with Gasteiger partial charge in [0.25, 0.3) is 0 Å². The fraction of sp³-hybridized carbons (Fsp3) is 0.176. The Labute approximate surface area is 808 Å². The molecular formula is C85H71Cl2F6N29O2Pt5-2. The molecule has 20 rings (SSSR count). The van der Waals surface area contributed by atoms with Crippen LogP contribution in [0.25, 0.3) is 102 Å². The van der Waals surface area contributed by atoms with E-state index in [1.54, 1.807) is 118 Å². The zero-order valence-corrected chi connectivity index (χ0v) is 81.5. The van der Waals surface area contributed by atoms with Gasteiger partial charge in [-0.3, -0.25) is 60.0 Å². The molecule has 1 aromatic carbocycles. The fourth-order valence-electron chi connectivity index (χ4n) is 12.4. The second kappa shape index (κ2) is 50.3. The van der Waals surface area contributed by atoms with Crippen molar-refractivity contribution in [1.29, 1.82) is 0 Å². The molecule has 17 heterocycles. The van der Waals surface area contributed by atoms with E-state index in [1.165, 1.54) is 59.5 Å². The van der Waals surface area contributed by atoms with Crippen molar-refractivity contribution in [2.24, 2.45) is 5.41 Å². The maximum Gasteiger partial charge on any atom is 2.00 e. The normalized spacial score (nSPS) is 13.1. The third-order valence-corrected chi connectivity index (χ3v) is 18.6. The van der Waals surface area contributed by atoms with Gasteiger partial charge in [0.1, 0.15) is 17.1 Å². The average Bonchev–Trinajstić information content (AvgIpc) is 1.52. The summed E-state index contributed by atoms with van der Waals surface area (Å²) in [5.41, 5.74) is 13.1. The van der Waals surface area contributed by atoms with E-state index in [0.29, 0.717) is 40.6 Å². The SMILES string of the molecule is CC12CCC(c3c1n[n-]c3-c1nccc3ccccc13)C2(C)C.Cc1cc(-c2ccccn2)[n-]n1.Cc1cc(-c2cnccn2)[n-]n1.Cc1cc(-c2cnccn2)[n-]n1.Cc1n[n-]c(-c2ccccn2)n1.Cc1n[n-]c(-c2ccccn2)n1.FC(F)(F)c1cc(-c2ccccn2)[n-]n1.FC(F)(F)c1cc(-c2ccccn2)[n-]n1.O=C(O)c1ccccn1.[Cl][Pt][Cl].[Pt+2].[Pt+2].[Pt+2].[Pt]. The maximum atomic E-state index is 12.2. The number of aromatic nitrogens is 29. The van der Waals surface area contributed by atoms with Crippen LogP contribution in [0.15, 0.2) is 250 Å². The van der Waals surface area contributed by atoms with Gasteiger partial charge >= 0.3 is 117 Å². The number of alkyl halides is 6. The van der Waals surface area contributed by atoms with E-state index < -0.39 is 46.2 Å². The van der Waals surface area contributed by atoms with Gasteiger partial charge < -0.3 is 86.5 Å². The van der Waals surface area contributed by atoms with Crippen molar-refractivity contribution in [3.63, 3.8) is 0 Å². The summed E-state index contributed by atoms with van der Waals surface area (Å²) in [4.78, 5) is 62.8. The standard InChI is InChI=1S/C20H20N3.2C9H5F3N3.C9H8N3.4C8H7N4.C6H5NO2.2ClH.5Pt/c1-19(2)14-8-10-20(19,3)18-15(14)17(22-23-18)16-13-7-5-4-6-12(13)9-11-21-16;2*10-9(11,12)8-5-7(14-15-8)6-3-1-2-4-13-6;1-7-6-9(12-11-7)8-4-2-3-5-10-8;2*1-6-4-7(12-11-6)8-5-9-2-3-10-8;2*1-6-10-8(12-11-6)7-4-2-3-5-9-7;8-6(9)5-3-1-2-4-7-5;;;;;;;/h4-7,9,11,14H,8,10H2,1-3H3;2*1-5H;2-6H,1H3;4*2-5H,1H3;1-4H,(H,8,9);2*1H;;;;;/q8*-1;;;;;4*+2/p-2. The molecule has 44 heteroatoms. The number of rotatable bonds is 9. The number of aryl methyl sites for hydroxylation is 5. The van der Waals surface area contributed by atoms with Gasteiger partial charge in [-0.2, -0.15) is 26.3 Å². The third-order valence-electron chi connectivity index (χ3n) is 18.6. The van der Waals surface area contributed by atoms with E-state index in [1.807, 2.05) is 99.8 Å². The van der Waals surface area contributed by atoms with Crippen LogP contribution in [0.1, 0.15) is 101 Å². The minimum absolute atomic E-state index is 0. The van der Waals surface area contributed by atoms with Crippen molar-refractivity contribution in [3.05, 3.63) is 307 Å². The van der Waals surface area contributed by atoms with Crippen molar-refractivity contribution in [2.45, 2.75) is 91.9 Å². The molecular weight excluding hydrogens is 2620 g/mol. The quantitative estimate of drug-likeness (QED) is 0.131. The molecule has 2 bridgehead atoms. The van der Waals surface area contributed by atoms with Gasteiger partial charge in [-0.15, -0.1) is 0 Å². The summed E-state index contributed by atoms with van der Waals surface area (Å²) in [7, 11) is 9.75. The topological polar surface area (TPSA) is 421 Å². The van der Waals surface area contributed by atoms with Crippen LogP contribution in [-0.2, 0) is 119 Å². The van der Waals surface area contributed by atoms with Gasteiger partial charge in [0.05, 0.1) is 40.9 Å². The Morgan fingerprint density at radius 3 is 1.12 bits per heavy atom. The Hall–Kier alpha value is -11.7. The predicted molar refractivity (Wildman–Crippen MR) is 445 cm³/mol. The minimum Gasteiger partial charge on any atom is 0 e. The number of carboxylic acids is 1. The average molecular weight is 2690 g/mol. The molecule has 31 nitrogen and oxygen atoms in total. The Kier molecular flexibility index (Phi) is 40.7. The molecule has 0 saturated heterocycles. The van der Waals surface area contributed by atoms with Gasteiger partial charge in [-0.25, -0.2) is 9.78 Å². The van der Waals surface area contributed by atoms with Crippen LogP contribution in [0.5, 0.6) is 0 Å². The summed E-state index contributed by atoms with van der Waals surface area (Å²) < 4.78 is 73.2. The monoisotopic (exact) mass is 2690 g/mol. The van der Waals surface area contributed by atoms with Gasteiger partial charge in [-0.05, 0) is 172 Å². The number of pyridine rings is 7. The number of aromatic carboxylic acids is 1. The number of carboxylic acid groups (broad SMARTS) is 1. The van der Waals surface area contributed by atoms with Crippen LogP contribution in [-0.4, -0.2) is 117 Å². The molecule has 18 aromatic rings. The van der Waals surface area contributed by atoms with E-state index in [-0.39, 0.29) is 112 Å². The number of benzene rings is 1. The smallest absolute Gasteiger partial charge is 0 e. The molecule has 1 saturated carbocycles. The predicted octanol–water partition coefficient (Wildman–Crippen LogP) is 15.4. The van der Waals surface area contributed by atoms with E-state index in [9.17, 15) is 31.1 Å². The zero-order valence-electron chi connectivity index (χ0n) is 68.6. The van der Waals surface area contributed by atoms with Crippen molar-refractivity contribution < 1.29 is 137 Å². The molecule has 0 radical (unpaired) electrons. The van der Waals surface area contributed by atoms with E-state index >= 15 is 0 Å². The molecule has 1 fully saturated rings. The number of hydrogen-bond donors (Lipinski definition) is 1. The van der Waals surface area contributed by atoms with Gasteiger partial charge in [0.15, 0.2) is 0 Å². The van der Waals surface area contributed by atoms with Crippen LogP contribution in [0.2, 0.25) is 0 Å². The molecule has 2 aliphatic rings. The summed E-state index contributed by atoms with van der Waals surface area (Å²) in [6, 6.07) is 49.4. The van der Waals surface area contributed by atoms with Crippen LogP contribution < -0.4 is 40.8 Å². The van der Waals surface area contributed by atoms with E-state index in [2.05, 4.69) is 197 Å². The Morgan fingerprint density at radius 2 is 0.791 bits per heavy atom.